The lowest BCUT2D eigenvalue weighted by molar-refractivity contribution is -0.130. The molecule has 6 nitrogen and oxygen atoms in total. The number of halogens is 1. The Balaban J connectivity index is 1.61. The van der Waals surface area contributed by atoms with Crippen LogP contribution in [0.5, 0.6) is 5.88 Å². The Kier molecular flexibility index (Phi) is 7.17. The summed E-state index contributed by atoms with van der Waals surface area (Å²) in [5, 5.41) is 3.03. The molecule has 0 atom stereocenters. The predicted octanol–water partition coefficient (Wildman–Crippen LogP) is 3.50. The number of benzene rings is 1. The van der Waals surface area contributed by atoms with Crippen LogP contribution in [0.2, 0.25) is 5.02 Å². The number of amides is 2. The summed E-state index contributed by atoms with van der Waals surface area (Å²) in [6.07, 6.45) is 0.364. The summed E-state index contributed by atoms with van der Waals surface area (Å²) in [5.74, 6) is 2.07. The van der Waals surface area contributed by atoms with Gasteiger partial charge in [-0.05, 0) is 30.7 Å². The van der Waals surface area contributed by atoms with Gasteiger partial charge >= 0.3 is 0 Å². The van der Waals surface area contributed by atoms with E-state index in [0.29, 0.717) is 24.6 Å². The summed E-state index contributed by atoms with van der Waals surface area (Å²) in [6, 6.07) is 10.4. The lowest BCUT2D eigenvalue weighted by Gasteiger charge is -2.26. The van der Waals surface area contributed by atoms with Gasteiger partial charge in [-0.3, -0.25) is 9.59 Å². The van der Waals surface area contributed by atoms with Gasteiger partial charge < -0.3 is 15.0 Å². The van der Waals surface area contributed by atoms with Gasteiger partial charge in [0.05, 0.1) is 18.1 Å². The second kappa shape index (κ2) is 9.80. The molecule has 1 aliphatic rings. The van der Waals surface area contributed by atoms with E-state index >= 15 is 0 Å². The average Bonchev–Trinajstić information content (AvgIpc) is 2.71. The van der Waals surface area contributed by atoms with Gasteiger partial charge in [0.2, 0.25) is 11.8 Å². The summed E-state index contributed by atoms with van der Waals surface area (Å²) in [4.78, 5) is 30.9. The number of aromatic nitrogens is 1. The summed E-state index contributed by atoms with van der Waals surface area (Å²) < 4.78 is 5.32. The zero-order valence-corrected chi connectivity index (χ0v) is 17.2. The van der Waals surface area contributed by atoms with Crippen LogP contribution in [-0.2, 0) is 11.2 Å². The van der Waals surface area contributed by atoms with Crippen molar-refractivity contribution in [1.29, 1.82) is 0 Å². The van der Waals surface area contributed by atoms with Gasteiger partial charge in [-0.1, -0.05) is 23.7 Å². The van der Waals surface area contributed by atoms with Crippen LogP contribution in [0.1, 0.15) is 23.0 Å². The number of hydrogen-bond donors (Lipinski definition) is 1. The van der Waals surface area contributed by atoms with Crippen LogP contribution >= 0.6 is 23.4 Å². The molecule has 1 fully saturated rings. The fourth-order valence-electron chi connectivity index (χ4n) is 2.81. The molecule has 0 saturated carbocycles. The van der Waals surface area contributed by atoms with Crippen molar-refractivity contribution in [2.75, 3.05) is 36.5 Å². The van der Waals surface area contributed by atoms with E-state index in [0.717, 1.165) is 30.2 Å². The van der Waals surface area contributed by atoms with E-state index < -0.39 is 5.91 Å². The van der Waals surface area contributed by atoms with Crippen molar-refractivity contribution in [1.82, 2.24) is 9.88 Å². The molecule has 28 heavy (non-hydrogen) atoms. The first kappa shape index (κ1) is 20.5. The van der Waals surface area contributed by atoms with Crippen molar-refractivity contribution >= 4 is 40.9 Å². The van der Waals surface area contributed by atoms with E-state index in [1.54, 1.807) is 24.3 Å². The van der Waals surface area contributed by atoms with Crippen molar-refractivity contribution < 1.29 is 14.3 Å². The van der Waals surface area contributed by atoms with Crippen molar-refractivity contribution in [3.05, 3.63) is 52.7 Å². The van der Waals surface area contributed by atoms with Gasteiger partial charge in [0.15, 0.2) is 5.69 Å². The Morgan fingerprint density at radius 1 is 1.18 bits per heavy atom. The Hall–Kier alpha value is -2.25. The molecule has 1 aliphatic heterocycles. The minimum Gasteiger partial charge on any atom is -0.478 e. The van der Waals surface area contributed by atoms with E-state index in [1.807, 2.05) is 35.7 Å². The first-order valence-corrected chi connectivity index (χ1v) is 10.6. The third kappa shape index (κ3) is 5.39. The summed E-state index contributed by atoms with van der Waals surface area (Å²) in [5.41, 5.74) is 1.63. The molecule has 0 unspecified atom stereocenters. The number of pyridine rings is 1. The van der Waals surface area contributed by atoms with Gasteiger partial charge in [-0.15, -0.1) is 0 Å². The number of rotatable bonds is 6. The normalized spacial score (nSPS) is 13.9. The van der Waals surface area contributed by atoms with Gasteiger partial charge in [0.1, 0.15) is 0 Å². The fraction of sp³-hybridized carbons (Fsp3) is 0.350. The van der Waals surface area contributed by atoms with Crippen LogP contribution in [0, 0.1) is 0 Å². The number of carbonyl (C=O) groups is 2. The van der Waals surface area contributed by atoms with E-state index in [1.165, 1.54) is 0 Å². The third-order valence-electron chi connectivity index (χ3n) is 4.26. The van der Waals surface area contributed by atoms with Crippen molar-refractivity contribution in [2.24, 2.45) is 0 Å². The number of nitrogens with one attached hydrogen (secondary N) is 1. The number of anilines is 1. The van der Waals surface area contributed by atoms with Crippen LogP contribution < -0.4 is 10.1 Å². The Labute approximate surface area is 173 Å². The highest BCUT2D eigenvalue weighted by Gasteiger charge is 2.17. The summed E-state index contributed by atoms with van der Waals surface area (Å²) in [7, 11) is 0. The standard InChI is InChI=1S/C20H22ClN3O3S/c1-2-27-17-8-7-16(21)19(23-17)20(26)22-15-5-3-14(4-6-15)13-18(25)24-9-11-28-12-10-24/h3-8H,2,9-13H2,1H3,(H,22,26). The number of nitrogens with zero attached hydrogens (tertiary/aromatic N) is 2. The molecule has 2 amide bonds. The summed E-state index contributed by atoms with van der Waals surface area (Å²) in [6.45, 7) is 3.91. The number of ether oxygens (including phenoxy) is 1. The average molecular weight is 420 g/mol. The van der Waals surface area contributed by atoms with Gasteiger partial charge in [-0.25, -0.2) is 4.98 Å². The molecule has 2 aromatic rings. The molecule has 0 radical (unpaired) electrons. The first-order valence-electron chi connectivity index (χ1n) is 9.12. The highest BCUT2D eigenvalue weighted by molar-refractivity contribution is 7.99. The zero-order chi connectivity index (χ0) is 19.9. The molecule has 1 N–H and O–H groups in total. The second-order valence-electron chi connectivity index (χ2n) is 6.23. The maximum absolute atomic E-state index is 12.5. The highest BCUT2D eigenvalue weighted by atomic mass is 35.5. The molecule has 1 aromatic carbocycles. The Morgan fingerprint density at radius 3 is 2.57 bits per heavy atom. The van der Waals surface area contributed by atoms with Crippen LogP contribution in [0.3, 0.4) is 0 Å². The topological polar surface area (TPSA) is 71.5 Å². The first-order chi connectivity index (χ1) is 13.6. The van der Waals surface area contributed by atoms with Crippen LogP contribution in [0.25, 0.3) is 0 Å². The van der Waals surface area contributed by atoms with Gasteiger partial charge in [0.25, 0.3) is 5.91 Å². The van der Waals surface area contributed by atoms with Crippen molar-refractivity contribution in [2.45, 2.75) is 13.3 Å². The quantitative estimate of drug-likeness (QED) is 0.775. The van der Waals surface area contributed by atoms with Crippen LogP contribution in [0.4, 0.5) is 5.69 Å². The number of carbonyl (C=O) groups excluding carboxylic acids is 2. The fourth-order valence-corrected chi connectivity index (χ4v) is 3.90. The molecule has 0 aliphatic carbocycles. The molecule has 2 heterocycles. The molecular formula is C20H22ClN3O3S. The van der Waals surface area contributed by atoms with Crippen LogP contribution in [-0.4, -0.2) is 52.9 Å². The number of thioether (sulfide) groups is 1. The monoisotopic (exact) mass is 419 g/mol. The van der Waals surface area contributed by atoms with E-state index in [4.69, 9.17) is 16.3 Å². The Bertz CT molecular complexity index is 839. The van der Waals surface area contributed by atoms with Crippen molar-refractivity contribution in [3.8, 4) is 5.88 Å². The lowest BCUT2D eigenvalue weighted by Crippen LogP contribution is -2.38. The minimum absolute atomic E-state index is 0.106. The van der Waals surface area contributed by atoms with E-state index in [-0.39, 0.29) is 16.6 Å². The SMILES string of the molecule is CCOc1ccc(Cl)c(C(=O)Nc2ccc(CC(=O)N3CCSCC3)cc2)n1. The second-order valence-corrected chi connectivity index (χ2v) is 7.87. The van der Waals surface area contributed by atoms with E-state index in [9.17, 15) is 9.59 Å². The molecule has 1 aromatic heterocycles. The lowest BCUT2D eigenvalue weighted by atomic mass is 10.1. The third-order valence-corrected chi connectivity index (χ3v) is 5.51. The predicted molar refractivity (Wildman–Crippen MR) is 112 cm³/mol. The smallest absolute Gasteiger partial charge is 0.275 e. The maximum atomic E-state index is 12.5. The van der Waals surface area contributed by atoms with Crippen molar-refractivity contribution in [3.63, 3.8) is 0 Å². The molecule has 1 saturated heterocycles. The molecular weight excluding hydrogens is 398 g/mol. The van der Waals surface area contributed by atoms with Gasteiger partial charge in [-0.2, -0.15) is 11.8 Å². The van der Waals surface area contributed by atoms with Gasteiger partial charge in [0, 0.05) is 36.3 Å². The molecule has 0 spiro atoms. The Morgan fingerprint density at radius 2 is 1.89 bits per heavy atom. The largest absolute Gasteiger partial charge is 0.478 e. The molecule has 148 valence electrons. The zero-order valence-electron chi connectivity index (χ0n) is 15.6. The minimum atomic E-state index is -0.416. The molecule has 0 bridgehead atoms. The highest BCUT2D eigenvalue weighted by Crippen LogP contribution is 2.20. The maximum Gasteiger partial charge on any atom is 0.275 e. The summed E-state index contributed by atoms with van der Waals surface area (Å²) >= 11 is 7.97. The number of hydrogen-bond acceptors (Lipinski definition) is 5. The molecule has 3 rings (SSSR count). The van der Waals surface area contributed by atoms with E-state index in [2.05, 4.69) is 10.3 Å². The van der Waals surface area contributed by atoms with Crippen LogP contribution in [0.15, 0.2) is 36.4 Å². The molecule has 8 heteroatoms.